The van der Waals surface area contributed by atoms with E-state index in [0.29, 0.717) is 19.4 Å². The average Bonchev–Trinajstić information content (AvgIpc) is 3.20. The Hall–Kier alpha value is -2.98. The van der Waals surface area contributed by atoms with Gasteiger partial charge in [0.15, 0.2) is 0 Å². The number of urea groups is 1. The summed E-state index contributed by atoms with van der Waals surface area (Å²) in [5, 5.41) is 7.85. The van der Waals surface area contributed by atoms with Gasteiger partial charge in [-0.15, -0.1) is 0 Å². The van der Waals surface area contributed by atoms with Gasteiger partial charge in [-0.05, 0) is 30.6 Å². The summed E-state index contributed by atoms with van der Waals surface area (Å²) >= 11 is 0. The van der Waals surface area contributed by atoms with Crippen LogP contribution < -0.4 is 16.0 Å². The molecule has 11 nitrogen and oxygen atoms in total. The van der Waals surface area contributed by atoms with Crippen molar-refractivity contribution in [2.24, 2.45) is 10.8 Å². The van der Waals surface area contributed by atoms with Crippen molar-refractivity contribution >= 4 is 35.4 Å². The molecule has 0 aliphatic carbocycles. The minimum Gasteiger partial charge on any atom is -0.347 e. The number of hydrogen-bond acceptors (Lipinski definition) is 6. The largest absolute Gasteiger partial charge is 0.347 e. The third kappa shape index (κ3) is 8.03. The van der Waals surface area contributed by atoms with Gasteiger partial charge in [0.1, 0.15) is 11.8 Å². The molecule has 2 atom stereocenters. The van der Waals surface area contributed by atoms with Gasteiger partial charge in [0.25, 0.3) is 0 Å². The van der Waals surface area contributed by atoms with Crippen LogP contribution in [0.2, 0.25) is 0 Å². The fourth-order valence-corrected chi connectivity index (χ4v) is 4.27. The summed E-state index contributed by atoms with van der Waals surface area (Å²) in [6.45, 7) is 10.8. The Morgan fingerprint density at radius 2 is 1.63 bits per heavy atom. The van der Waals surface area contributed by atoms with E-state index in [0.717, 1.165) is 0 Å². The van der Waals surface area contributed by atoms with Crippen molar-refractivity contribution in [1.29, 1.82) is 0 Å². The van der Waals surface area contributed by atoms with Crippen LogP contribution >= 0.6 is 0 Å². The number of ketones is 1. The fourth-order valence-electron chi connectivity index (χ4n) is 4.27. The molecule has 3 N–H and O–H groups in total. The number of imide groups is 1. The number of nitrogens with zero attached hydrogens (tertiary/aromatic N) is 2. The van der Waals surface area contributed by atoms with Gasteiger partial charge in [0.05, 0.1) is 19.1 Å². The van der Waals surface area contributed by atoms with Crippen molar-refractivity contribution in [3.63, 3.8) is 0 Å². The molecule has 2 fully saturated rings. The minimum absolute atomic E-state index is 0.0448. The molecule has 2 heterocycles. The molecular weight excluding hydrogens is 454 g/mol. The lowest BCUT2D eigenvalue weighted by molar-refractivity contribution is -0.153. The standard InChI is InChI=1S/C24H39N5O6/c1-15(30)12-25-21(34)16-8-7-9-28(16)20(33)13-26-22(35)27-17(23(2,3)4)14-29-18(31)10-24(5,6)11-19(29)32/h16-17H,7-14H2,1-6H3,(H,25,34)(H2,26,27,35). The maximum atomic E-state index is 12.7. The molecule has 2 rings (SSSR count). The number of carbonyl (C=O) groups is 6. The first-order valence-electron chi connectivity index (χ1n) is 12.0. The monoisotopic (exact) mass is 493 g/mol. The van der Waals surface area contributed by atoms with Crippen molar-refractivity contribution in [2.75, 3.05) is 26.2 Å². The second-order valence-electron chi connectivity index (χ2n) is 11.3. The zero-order valence-electron chi connectivity index (χ0n) is 21.7. The maximum absolute atomic E-state index is 12.7. The lowest BCUT2D eigenvalue weighted by Gasteiger charge is -2.39. The van der Waals surface area contributed by atoms with E-state index in [1.807, 2.05) is 34.6 Å². The molecule has 0 spiro atoms. The molecule has 2 unspecified atom stereocenters. The van der Waals surface area contributed by atoms with Gasteiger partial charge in [-0.25, -0.2) is 4.79 Å². The number of rotatable bonds is 8. The number of piperidine rings is 1. The zero-order chi connectivity index (χ0) is 26.6. The molecule has 0 saturated carbocycles. The van der Waals surface area contributed by atoms with Gasteiger partial charge in [0.2, 0.25) is 23.6 Å². The van der Waals surface area contributed by atoms with Crippen molar-refractivity contribution < 1.29 is 28.8 Å². The highest BCUT2D eigenvalue weighted by molar-refractivity contribution is 5.98. The topological polar surface area (TPSA) is 145 Å². The third-order valence-electron chi connectivity index (χ3n) is 6.37. The highest BCUT2D eigenvalue weighted by atomic mass is 16.2. The van der Waals surface area contributed by atoms with Gasteiger partial charge >= 0.3 is 6.03 Å². The molecule has 0 aromatic carbocycles. The molecule has 6 amide bonds. The molecule has 0 bridgehead atoms. The lowest BCUT2D eigenvalue weighted by Crippen LogP contribution is -2.58. The highest BCUT2D eigenvalue weighted by Crippen LogP contribution is 2.32. The van der Waals surface area contributed by atoms with Gasteiger partial charge in [-0.3, -0.25) is 28.9 Å². The van der Waals surface area contributed by atoms with Crippen molar-refractivity contribution in [3.05, 3.63) is 0 Å². The molecule has 0 radical (unpaired) electrons. The molecule has 0 aromatic rings. The summed E-state index contributed by atoms with van der Waals surface area (Å²) in [5.41, 5.74) is -0.854. The Morgan fingerprint density at radius 3 is 2.17 bits per heavy atom. The van der Waals surface area contributed by atoms with E-state index in [1.54, 1.807) is 0 Å². The van der Waals surface area contributed by atoms with Crippen molar-refractivity contribution in [1.82, 2.24) is 25.8 Å². The van der Waals surface area contributed by atoms with Crippen LogP contribution in [0.3, 0.4) is 0 Å². The third-order valence-corrected chi connectivity index (χ3v) is 6.37. The van der Waals surface area contributed by atoms with Crippen LogP contribution in [-0.2, 0) is 24.0 Å². The second-order valence-corrected chi connectivity index (χ2v) is 11.3. The van der Waals surface area contributed by atoms with Crippen molar-refractivity contribution in [3.8, 4) is 0 Å². The van der Waals surface area contributed by atoms with Crippen LogP contribution in [0, 0.1) is 10.8 Å². The normalized spacial score (nSPS) is 20.9. The van der Waals surface area contributed by atoms with Crippen LogP contribution in [-0.4, -0.2) is 83.5 Å². The van der Waals surface area contributed by atoms with Gasteiger partial charge in [-0.2, -0.15) is 0 Å². The number of carbonyl (C=O) groups excluding carboxylic acids is 6. The van der Waals surface area contributed by atoms with Crippen LogP contribution in [0.15, 0.2) is 0 Å². The highest BCUT2D eigenvalue weighted by Gasteiger charge is 2.40. The predicted octanol–water partition coefficient (Wildman–Crippen LogP) is 0.572. The summed E-state index contributed by atoms with van der Waals surface area (Å²) in [6.07, 6.45) is 1.65. The SMILES string of the molecule is CC(=O)CNC(=O)C1CCCN1C(=O)CNC(=O)NC(CN1C(=O)CC(C)(C)CC1=O)C(C)(C)C. The molecule has 196 valence electrons. The molecule has 35 heavy (non-hydrogen) atoms. The number of hydrogen-bond donors (Lipinski definition) is 3. The Kier molecular flexibility index (Phi) is 9.02. The Morgan fingerprint density at radius 1 is 1.03 bits per heavy atom. The number of likely N-dealkylation sites (tertiary alicyclic amines) is 2. The first kappa shape index (κ1) is 28.3. The van der Waals surface area contributed by atoms with E-state index in [9.17, 15) is 28.8 Å². The number of amides is 6. The van der Waals surface area contributed by atoms with Crippen LogP contribution in [0.25, 0.3) is 0 Å². The van der Waals surface area contributed by atoms with Gasteiger partial charge in [-0.1, -0.05) is 34.6 Å². The Labute approximate surface area is 206 Å². The maximum Gasteiger partial charge on any atom is 0.315 e. The van der Waals surface area contributed by atoms with E-state index in [4.69, 9.17) is 0 Å². The first-order valence-corrected chi connectivity index (χ1v) is 12.0. The lowest BCUT2D eigenvalue weighted by atomic mass is 9.80. The summed E-state index contributed by atoms with van der Waals surface area (Å²) in [6, 6.07) is -1.81. The molecule has 0 aromatic heterocycles. The van der Waals surface area contributed by atoms with E-state index in [-0.39, 0.29) is 61.4 Å². The zero-order valence-corrected chi connectivity index (χ0v) is 21.7. The van der Waals surface area contributed by atoms with E-state index >= 15 is 0 Å². The van der Waals surface area contributed by atoms with Gasteiger partial charge in [0, 0.05) is 25.9 Å². The van der Waals surface area contributed by atoms with Crippen molar-refractivity contribution in [2.45, 2.75) is 79.3 Å². The summed E-state index contributed by atoms with van der Waals surface area (Å²) < 4.78 is 0. The quantitative estimate of drug-likeness (QED) is 0.422. The molecular formula is C24H39N5O6. The first-order chi connectivity index (χ1) is 16.1. The van der Waals surface area contributed by atoms with E-state index in [1.165, 1.54) is 16.7 Å². The predicted molar refractivity (Wildman–Crippen MR) is 128 cm³/mol. The summed E-state index contributed by atoms with van der Waals surface area (Å²) in [5.74, 6) is -1.50. The second kappa shape index (κ2) is 11.2. The smallest absolute Gasteiger partial charge is 0.315 e. The number of Topliss-reactive ketones (excluding diaryl/α,β-unsaturated/α-hetero) is 1. The van der Waals surface area contributed by atoms with E-state index in [2.05, 4.69) is 16.0 Å². The Bertz CT molecular complexity index is 858. The summed E-state index contributed by atoms with van der Waals surface area (Å²) in [7, 11) is 0. The minimum atomic E-state index is -0.672. The molecule has 11 heteroatoms. The summed E-state index contributed by atoms with van der Waals surface area (Å²) in [4.78, 5) is 76.5. The molecule has 2 aliphatic heterocycles. The molecule has 2 aliphatic rings. The number of nitrogens with one attached hydrogen (secondary N) is 3. The van der Waals surface area contributed by atoms with Crippen LogP contribution in [0.5, 0.6) is 0 Å². The van der Waals surface area contributed by atoms with Crippen LogP contribution in [0.1, 0.15) is 67.2 Å². The molecule has 2 saturated heterocycles. The Balaban J connectivity index is 1.94. The van der Waals surface area contributed by atoms with Gasteiger partial charge < -0.3 is 20.9 Å². The van der Waals surface area contributed by atoms with Crippen LogP contribution in [0.4, 0.5) is 4.79 Å². The fraction of sp³-hybridized carbons (Fsp3) is 0.750. The van der Waals surface area contributed by atoms with E-state index < -0.39 is 29.4 Å². The average molecular weight is 494 g/mol.